The zero-order valence-corrected chi connectivity index (χ0v) is 7.03. The maximum absolute atomic E-state index is 13.1. The molecule has 2 unspecified atom stereocenters. The number of alkyl halides is 2. The molecule has 1 aliphatic rings. The number of rotatable bonds is 0. The van der Waals surface area contributed by atoms with Gasteiger partial charge < -0.3 is 0 Å². The fourth-order valence-electron chi connectivity index (χ4n) is 0.728. The van der Waals surface area contributed by atoms with Crippen LogP contribution in [0.1, 0.15) is 6.92 Å². The molecule has 0 aromatic heterocycles. The van der Waals surface area contributed by atoms with Crippen molar-refractivity contribution in [2.45, 2.75) is 11.5 Å². The molecule has 0 saturated carbocycles. The quantitative estimate of drug-likeness (QED) is 0.537. The summed E-state index contributed by atoms with van der Waals surface area (Å²) in [6, 6.07) is 0. The van der Waals surface area contributed by atoms with Crippen LogP contribution >= 0.6 is 15.9 Å². The zero-order chi connectivity index (χ0) is 7.78. The first-order valence-electron chi connectivity index (χ1n) is 2.97. The van der Waals surface area contributed by atoms with E-state index >= 15 is 0 Å². The summed E-state index contributed by atoms with van der Waals surface area (Å²) in [5.74, 6) is -0.843. The molecule has 0 aromatic carbocycles. The molecule has 0 aromatic rings. The van der Waals surface area contributed by atoms with Gasteiger partial charge in [-0.1, -0.05) is 13.0 Å². The second kappa shape index (κ2) is 2.46. The predicted octanol–water partition coefficient (Wildman–Crippen LogP) is 3.11. The molecule has 0 radical (unpaired) electrons. The molecule has 56 valence electrons. The number of hydrogen-bond donors (Lipinski definition) is 0. The lowest BCUT2D eigenvalue weighted by Gasteiger charge is -2.21. The lowest BCUT2D eigenvalue weighted by molar-refractivity contribution is 0.294. The summed E-state index contributed by atoms with van der Waals surface area (Å²) in [5.41, 5.74) is 0. The first kappa shape index (κ1) is 7.92. The maximum atomic E-state index is 13.1. The van der Waals surface area contributed by atoms with E-state index in [-0.39, 0.29) is 5.92 Å². The van der Waals surface area contributed by atoms with Crippen molar-refractivity contribution in [3.63, 3.8) is 0 Å². The predicted molar refractivity (Wildman–Crippen MR) is 40.3 cm³/mol. The molecular formula is C7H7BrF2. The molecule has 0 saturated heterocycles. The van der Waals surface area contributed by atoms with Gasteiger partial charge in [-0.05, 0) is 28.1 Å². The maximum Gasteiger partial charge on any atom is 0.192 e. The smallest absolute Gasteiger partial charge is 0.192 e. The van der Waals surface area contributed by atoms with Gasteiger partial charge in [0.15, 0.2) is 4.58 Å². The molecule has 2 atom stereocenters. The van der Waals surface area contributed by atoms with E-state index in [1.807, 2.05) is 0 Å². The molecule has 0 fully saturated rings. The lowest BCUT2D eigenvalue weighted by Crippen LogP contribution is -2.21. The van der Waals surface area contributed by atoms with E-state index in [1.54, 1.807) is 6.92 Å². The van der Waals surface area contributed by atoms with Gasteiger partial charge in [-0.25, -0.2) is 8.78 Å². The van der Waals surface area contributed by atoms with E-state index in [1.165, 1.54) is 12.2 Å². The molecule has 0 amide bonds. The number of allylic oxidation sites excluding steroid dienone is 4. The molecule has 1 aliphatic carbocycles. The molecule has 3 heteroatoms. The van der Waals surface area contributed by atoms with Crippen LogP contribution in [-0.4, -0.2) is 4.58 Å². The van der Waals surface area contributed by atoms with E-state index in [0.717, 1.165) is 6.08 Å². The van der Waals surface area contributed by atoms with Crippen molar-refractivity contribution in [1.29, 1.82) is 0 Å². The van der Waals surface area contributed by atoms with Gasteiger partial charge in [0.1, 0.15) is 5.83 Å². The average Bonchev–Trinajstić information content (AvgIpc) is 1.78. The van der Waals surface area contributed by atoms with Crippen molar-refractivity contribution < 1.29 is 8.78 Å². The third-order valence-corrected chi connectivity index (χ3v) is 2.43. The fraction of sp³-hybridized carbons (Fsp3) is 0.429. The zero-order valence-electron chi connectivity index (χ0n) is 5.44. The summed E-state index contributed by atoms with van der Waals surface area (Å²) in [6.07, 6.45) is 3.69. The van der Waals surface area contributed by atoms with Crippen LogP contribution in [0.5, 0.6) is 0 Å². The molecule has 1 rings (SSSR count). The highest BCUT2D eigenvalue weighted by Gasteiger charge is 2.31. The molecule has 0 bridgehead atoms. The molecular weight excluding hydrogens is 202 g/mol. The monoisotopic (exact) mass is 208 g/mol. The van der Waals surface area contributed by atoms with Crippen LogP contribution < -0.4 is 0 Å². The minimum Gasteiger partial charge on any atom is -0.226 e. The first-order valence-corrected chi connectivity index (χ1v) is 3.76. The van der Waals surface area contributed by atoms with E-state index in [4.69, 9.17) is 0 Å². The molecule has 0 N–H and O–H groups in total. The highest BCUT2D eigenvalue weighted by Crippen LogP contribution is 2.36. The van der Waals surface area contributed by atoms with Gasteiger partial charge in [0.25, 0.3) is 0 Å². The summed E-state index contributed by atoms with van der Waals surface area (Å²) in [7, 11) is 0. The second-order valence-electron chi connectivity index (χ2n) is 2.35. The first-order chi connectivity index (χ1) is 4.52. The topological polar surface area (TPSA) is 0 Å². The van der Waals surface area contributed by atoms with Gasteiger partial charge in [-0.3, -0.25) is 0 Å². The second-order valence-corrected chi connectivity index (χ2v) is 3.57. The molecule has 0 aliphatic heterocycles. The van der Waals surface area contributed by atoms with Gasteiger partial charge in [0.05, 0.1) is 0 Å². The fourth-order valence-corrected chi connectivity index (χ4v) is 1.10. The van der Waals surface area contributed by atoms with Crippen molar-refractivity contribution in [3.8, 4) is 0 Å². The Hall–Kier alpha value is -0.180. The van der Waals surface area contributed by atoms with Gasteiger partial charge in [0.2, 0.25) is 0 Å². The normalized spacial score (nSPS) is 39.6. The van der Waals surface area contributed by atoms with Crippen LogP contribution in [0.4, 0.5) is 8.78 Å². The summed E-state index contributed by atoms with van der Waals surface area (Å²) >= 11 is 2.76. The Kier molecular flexibility index (Phi) is 1.95. The Labute approximate surface area is 66.7 Å². The van der Waals surface area contributed by atoms with Crippen LogP contribution in [0.2, 0.25) is 0 Å². The Morgan fingerprint density at radius 3 is 2.70 bits per heavy atom. The van der Waals surface area contributed by atoms with Crippen molar-refractivity contribution in [2.75, 3.05) is 0 Å². The van der Waals surface area contributed by atoms with Gasteiger partial charge in [-0.15, -0.1) is 0 Å². The minimum absolute atomic E-state index is 0.313. The number of halogens is 3. The van der Waals surface area contributed by atoms with Crippen LogP contribution in [-0.2, 0) is 0 Å². The summed E-state index contributed by atoms with van der Waals surface area (Å²) < 4.78 is 23.7. The highest BCUT2D eigenvalue weighted by atomic mass is 79.9. The van der Waals surface area contributed by atoms with Crippen LogP contribution in [0.25, 0.3) is 0 Å². The lowest BCUT2D eigenvalue weighted by atomic mass is 10.0. The largest absolute Gasteiger partial charge is 0.226 e. The van der Waals surface area contributed by atoms with Crippen LogP contribution in [0.3, 0.4) is 0 Å². The van der Waals surface area contributed by atoms with Crippen molar-refractivity contribution in [2.24, 2.45) is 5.92 Å². The molecule has 0 nitrogen and oxygen atoms in total. The molecule has 0 heterocycles. The van der Waals surface area contributed by atoms with Gasteiger partial charge >= 0.3 is 0 Å². The SMILES string of the molecule is CC1C=CC(F)=CC1(F)Br. The van der Waals surface area contributed by atoms with Crippen LogP contribution in [0.15, 0.2) is 24.1 Å². The molecule has 10 heavy (non-hydrogen) atoms. The van der Waals surface area contributed by atoms with Crippen molar-refractivity contribution in [1.82, 2.24) is 0 Å². The standard InChI is InChI=1S/C7H7BrF2/c1-5-2-3-6(9)4-7(5,8)10/h2-5H,1H3. The Morgan fingerprint density at radius 2 is 2.30 bits per heavy atom. The number of hydrogen-bond acceptors (Lipinski definition) is 0. The minimum atomic E-state index is -1.70. The molecule has 0 spiro atoms. The summed E-state index contributed by atoms with van der Waals surface area (Å²) in [6.45, 7) is 1.67. The van der Waals surface area contributed by atoms with Crippen LogP contribution in [0, 0.1) is 5.92 Å². The Balaban J connectivity index is 2.88. The van der Waals surface area contributed by atoms with Crippen molar-refractivity contribution >= 4 is 15.9 Å². The van der Waals surface area contributed by atoms with Gasteiger partial charge in [0, 0.05) is 5.92 Å². The summed E-state index contributed by atoms with van der Waals surface area (Å²) in [4.78, 5) is 0. The van der Waals surface area contributed by atoms with E-state index in [0.29, 0.717) is 0 Å². The average molecular weight is 209 g/mol. The third-order valence-electron chi connectivity index (χ3n) is 1.48. The third kappa shape index (κ3) is 1.45. The van der Waals surface area contributed by atoms with E-state index in [9.17, 15) is 8.78 Å². The van der Waals surface area contributed by atoms with Gasteiger partial charge in [-0.2, -0.15) is 0 Å². The highest BCUT2D eigenvalue weighted by molar-refractivity contribution is 9.10. The van der Waals surface area contributed by atoms with E-state index < -0.39 is 10.4 Å². The van der Waals surface area contributed by atoms with Crippen molar-refractivity contribution in [3.05, 3.63) is 24.1 Å². The Morgan fingerprint density at radius 1 is 1.70 bits per heavy atom. The summed E-state index contributed by atoms with van der Waals surface area (Å²) in [5, 5.41) is 0. The van der Waals surface area contributed by atoms with E-state index in [2.05, 4.69) is 15.9 Å². The Bertz CT molecular complexity index is 194.